The number of ether oxygens (including phenoxy) is 1. The van der Waals surface area contributed by atoms with Gasteiger partial charge in [0.1, 0.15) is 5.75 Å². The first-order chi connectivity index (χ1) is 12.3. The van der Waals surface area contributed by atoms with Crippen molar-refractivity contribution < 1.29 is 27.8 Å². The molecule has 0 heterocycles. The van der Waals surface area contributed by atoms with Crippen LogP contribution in [0.5, 0.6) is 5.75 Å². The van der Waals surface area contributed by atoms with Gasteiger partial charge in [-0.05, 0) is 29.7 Å². The molecular weight excluding hydrogens is 347 g/mol. The molecule has 0 saturated carbocycles. The summed E-state index contributed by atoms with van der Waals surface area (Å²) in [7, 11) is 1.54. The lowest BCUT2D eigenvalue weighted by molar-refractivity contribution is -0.264. The molecule has 0 unspecified atom stereocenters. The number of carbonyl (C=O) groups excluding carboxylic acids is 1. The average Bonchev–Trinajstić information content (AvgIpc) is 2.64. The molecule has 0 spiro atoms. The molecule has 1 atom stereocenters. The molecule has 2 rings (SSSR count). The van der Waals surface area contributed by atoms with Gasteiger partial charge in [-0.2, -0.15) is 13.2 Å². The standard InChI is InChI=1S/C19H20F3NO3/c1-26-16-10-7-14(8-11-16)9-12-17(24)23-13-18(25,19(20,21)22)15-5-3-2-4-6-15/h2-8,10-11,25H,9,12-13H2,1H3,(H,23,24)/t18-/m1/s1. The van der Waals surface area contributed by atoms with Crippen molar-refractivity contribution in [2.75, 3.05) is 13.7 Å². The number of alkyl halides is 3. The van der Waals surface area contributed by atoms with Gasteiger partial charge in [0.15, 0.2) is 0 Å². The lowest BCUT2D eigenvalue weighted by atomic mass is 9.93. The molecule has 4 nitrogen and oxygen atoms in total. The van der Waals surface area contributed by atoms with Gasteiger partial charge in [-0.1, -0.05) is 42.5 Å². The summed E-state index contributed by atoms with van der Waals surface area (Å²) in [5.41, 5.74) is -2.60. The highest BCUT2D eigenvalue weighted by molar-refractivity contribution is 5.76. The Labute approximate surface area is 149 Å². The molecule has 0 aliphatic heterocycles. The maximum atomic E-state index is 13.3. The summed E-state index contributed by atoms with van der Waals surface area (Å²) in [6, 6.07) is 13.7. The number of aryl methyl sites for hydroxylation is 1. The van der Waals surface area contributed by atoms with Gasteiger partial charge in [-0.3, -0.25) is 4.79 Å². The number of benzene rings is 2. The van der Waals surface area contributed by atoms with Gasteiger partial charge in [0.2, 0.25) is 11.5 Å². The van der Waals surface area contributed by atoms with Crippen LogP contribution in [0.4, 0.5) is 13.2 Å². The summed E-state index contributed by atoms with van der Waals surface area (Å²) in [5, 5.41) is 12.3. The zero-order valence-corrected chi connectivity index (χ0v) is 14.2. The molecule has 0 saturated heterocycles. The van der Waals surface area contributed by atoms with Crippen molar-refractivity contribution in [1.82, 2.24) is 5.32 Å². The predicted octanol–water partition coefficient (Wildman–Crippen LogP) is 3.19. The Morgan fingerprint density at radius 1 is 1.08 bits per heavy atom. The number of nitrogens with one attached hydrogen (secondary N) is 1. The van der Waals surface area contributed by atoms with E-state index in [4.69, 9.17) is 4.74 Å². The van der Waals surface area contributed by atoms with Crippen LogP contribution in [0.3, 0.4) is 0 Å². The van der Waals surface area contributed by atoms with Gasteiger partial charge >= 0.3 is 6.18 Å². The highest BCUT2D eigenvalue weighted by Gasteiger charge is 2.55. The second-order valence-corrected chi connectivity index (χ2v) is 5.85. The molecule has 0 aromatic heterocycles. The van der Waals surface area contributed by atoms with Crippen molar-refractivity contribution in [1.29, 1.82) is 0 Å². The molecule has 26 heavy (non-hydrogen) atoms. The van der Waals surface area contributed by atoms with E-state index >= 15 is 0 Å². The van der Waals surface area contributed by atoms with Crippen LogP contribution in [-0.4, -0.2) is 30.8 Å². The molecule has 7 heteroatoms. The van der Waals surface area contributed by atoms with Gasteiger partial charge in [0, 0.05) is 6.42 Å². The normalized spacial score (nSPS) is 13.7. The number of methoxy groups -OCH3 is 1. The van der Waals surface area contributed by atoms with Crippen LogP contribution in [0.25, 0.3) is 0 Å². The van der Waals surface area contributed by atoms with Crippen LogP contribution in [-0.2, 0) is 16.8 Å². The molecule has 140 valence electrons. The summed E-state index contributed by atoms with van der Waals surface area (Å²) >= 11 is 0. The number of aliphatic hydroxyl groups is 1. The molecule has 0 fully saturated rings. The molecular formula is C19H20F3NO3. The summed E-state index contributed by atoms with van der Waals surface area (Å²) in [6.45, 7) is -0.943. The van der Waals surface area contributed by atoms with Crippen molar-refractivity contribution in [3.8, 4) is 5.75 Å². The second kappa shape index (κ2) is 8.23. The number of hydrogen-bond donors (Lipinski definition) is 2. The minimum absolute atomic E-state index is 0.00898. The van der Waals surface area contributed by atoms with Crippen molar-refractivity contribution in [2.45, 2.75) is 24.6 Å². The van der Waals surface area contributed by atoms with E-state index in [2.05, 4.69) is 5.32 Å². The first-order valence-electron chi connectivity index (χ1n) is 8.00. The molecule has 0 aliphatic rings. The molecule has 0 radical (unpaired) electrons. The first-order valence-corrected chi connectivity index (χ1v) is 8.00. The smallest absolute Gasteiger partial charge is 0.423 e. The highest BCUT2D eigenvalue weighted by atomic mass is 19.4. The fourth-order valence-electron chi connectivity index (χ4n) is 2.44. The number of halogens is 3. The number of hydrogen-bond acceptors (Lipinski definition) is 3. The zero-order valence-electron chi connectivity index (χ0n) is 14.2. The predicted molar refractivity (Wildman–Crippen MR) is 90.7 cm³/mol. The quantitative estimate of drug-likeness (QED) is 0.790. The summed E-state index contributed by atoms with van der Waals surface area (Å²) in [4.78, 5) is 11.9. The summed E-state index contributed by atoms with van der Waals surface area (Å²) in [6.07, 6.45) is -4.54. The van der Waals surface area contributed by atoms with Crippen LogP contribution in [0.15, 0.2) is 54.6 Å². The van der Waals surface area contributed by atoms with E-state index in [-0.39, 0.29) is 12.0 Å². The first kappa shape index (κ1) is 19.8. The molecule has 2 N–H and O–H groups in total. The molecule has 2 aromatic carbocycles. The average molecular weight is 367 g/mol. The van der Waals surface area contributed by atoms with Crippen molar-refractivity contribution in [3.63, 3.8) is 0 Å². The number of rotatable bonds is 7. The summed E-state index contributed by atoms with van der Waals surface area (Å²) in [5.74, 6) is 0.107. The van der Waals surface area contributed by atoms with Crippen LogP contribution >= 0.6 is 0 Å². The Hall–Kier alpha value is -2.54. The van der Waals surface area contributed by atoms with E-state index in [0.29, 0.717) is 12.2 Å². The topological polar surface area (TPSA) is 58.6 Å². The maximum absolute atomic E-state index is 13.3. The number of carbonyl (C=O) groups is 1. The Balaban J connectivity index is 1.96. The fraction of sp³-hybridized carbons (Fsp3) is 0.316. The lowest BCUT2D eigenvalue weighted by Gasteiger charge is -2.31. The Kier molecular flexibility index (Phi) is 6.26. The van der Waals surface area contributed by atoms with Crippen molar-refractivity contribution in [3.05, 3.63) is 65.7 Å². The molecule has 1 amide bonds. The maximum Gasteiger partial charge on any atom is 0.423 e. The lowest BCUT2D eigenvalue weighted by Crippen LogP contribution is -2.51. The minimum Gasteiger partial charge on any atom is -0.497 e. The second-order valence-electron chi connectivity index (χ2n) is 5.85. The zero-order chi connectivity index (χ0) is 19.2. The van der Waals surface area contributed by atoms with E-state index < -0.39 is 24.2 Å². The van der Waals surface area contributed by atoms with Gasteiger partial charge in [-0.25, -0.2) is 0 Å². The number of amides is 1. The van der Waals surface area contributed by atoms with E-state index in [1.54, 1.807) is 30.3 Å². The largest absolute Gasteiger partial charge is 0.497 e. The molecule has 0 aliphatic carbocycles. The van der Waals surface area contributed by atoms with E-state index in [0.717, 1.165) is 5.56 Å². The van der Waals surface area contributed by atoms with Crippen molar-refractivity contribution in [2.24, 2.45) is 0 Å². The van der Waals surface area contributed by atoms with Crippen LogP contribution in [0.1, 0.15) is 17.5 Å². The third-order valence-electron chi connectivity index (χ3n) is 4.06. The monoisotopic (exact) mass is 367 g/mol. The third kappa shape index (κ3) is 4.76. The van der Waals surface area contributed by atoms with E-state index in [1.807, 2.05) is 0 Å². The third-order valence-corrected chi connectivity index (χ3v) is 4.06. The van der Waals surface area contributed by atoms with Gasteiger partial charge < -0.3 is 15.2 Å². The minimum atomic E-state index is -4.92. The van der Waals surface area contributed by atoms with Crippen LogP contribution < -0.4 is 10.1 Å². The molecule has 0 bridgehead atoms. The van der Waals surface area contributed by atoms with E-state index in [9.17, 15) is 23.1 Å². The Morgan fingerprint density at radius 2 is 1.69 bits per heavy atom. The SMILES string of the molecule is COc1ccc(CCC(=O)NC[C@@](O)(c2ccccc2)C(F)(F)F)cc1. The van der Waals surface area contributed by atoms with E-state index in [1.165, 1.54) is 31.4 Å². The van der Waals surface area contributed by atoms with Crippen LogP contribution in [0, 0.1) is 0 Å². The Bertz CT molecular complexity index is 717. The van der Waals surface area contributed by atoms with Gasteiger partial charge in [-0.15, -0.1) is 0 Å². The summed E-state index contributed by atoms with van der Waals surface area (Å²) < 4.78 is 45.1. The highest BCUT2D eigenvalue weighted by Crippen LogP contribution is 2.38. The van der Waals surface area contributed by atoms with Gasteiger partial charge in [0.05, 0.1) is 13.7 Å². The fourth-order valence-corrected chi connectivity index (χ4v) is 2.44. The van der Waals surface area contributed by atoms with Crippen molar-refractivity contribution >= 4 is 5.91 Å². The molecule has 2 aromatic rings. The van der Waals surface area contributed by atoms with Gasteiger partial charge in [0.25, 0.3) is 0 Å². The Morgan fingerprint density at radius 3 is 2.23 bits per heavy atom. The van der Waals surface area contributed by atoms with Crippen LogP contribution in [0.2, 0.25) is 0 Å².